The number of aromatic amines is 1. The van der Waals surface area contributed by atoms with E-state index >= 15 is 0 Å². The van der Waals surface area contributed by atoms with Crippen LogP contribution in [-0.4, -0.2) is 35.5 Å². The second-order valence-corrected chi connectivity index (χ2v) is 7.66. The van der Waals surface area contributed by atoms with Gasteiger partial charge in [0.2, 0.25) is 0 Å². The van der Waals surface area contributed by atoms with Crippen molar-refractivity contribution in [2.24, 2.45) is 5.92 Å². The molecule has 0 unspecified atom stereocenters. The second-order valence-electron chi connectivity index (χ2n) is 6.79. The molecule has 1 atom stereocenters. The number of thiazole rings is 1. The van der Waals surface area contributed by atoms with Gasteiger partial charge in [-0.2, -0.15) is 0 Å². The van der Waals surface area contributed by atoms with Crippen LogP contribution in [0.5, 0.6) is 0 Å². The molecule has 3 heterocycles. The van der Waals surface area contributed by atoms with E-state index in [0.29, 0.717) is 18.2 Å². The number of halogens is 1. The van der Waals surface area contributed by atoms with Crippen LogP contribution in [0.2, 0.25) is 0 Å². The van der Waals surface area contributed by atoms with E-state index in [-0.39, 0.29) is 11.7 Å². The normalized spacial score (nSPS) is 17.1. The number of nitrogens with one attached hydrogen (secondary N) is 2. The molecule has 1 fully saturated rings. The number of hydrogen-bond acceptors (Lipinski definition) is 4. The molecule has 0 bridgehead atoms. The first kappa shape index (κ1) is 17.7. The quantitative estimate of drug-likeness (QED) is 0.701. The number of carbonyl (C=O) groups is 1. The van der Waals surface area contributed by atoms with Crippen LogP contribution in [0.4, 0.5) is 9.52 Å². The lowest BCUT2D eigenvalue weighted by atomic mass is 9.98. The highest BCUT2D eigenvalue weighted by molar-refractivity contribution is 7.13. The Hall–Kier alpha value is -2.67. The molecule has 4 rings (SSSR count). The lowest BCUT2D eigenvalue weighted by Gasteiger charge is -2.32. The Morgan fingerprint density at radius 3 is 2.96 bits per heavy atom. The highest BCUT2D eigenvalue weighted by Crippen LogP contribution is 2.25. The molecule has 0 aliphatic carbocycles. The molecule has 0 spiro atoms. The third-order valence-corrected chi connectivity index (χ3v) is 5.70. The predicted molar refractivity (Wildman–Crippen MR) is 106 cm³/mol. The van der Waals surface area contributed by atoms with Crippen LogP contribution in [0.1, 0.15) is 23.3 Å². The molecule has 140 valence electrons. The number of piperidine rings is 1. The summed E-state index contributed by atoms with van der Waals surface area (Å²) < 4.78 is 13.1. The maximum atomic E-state index is 13.1. The number of nitrogens with zero attached hydrogens (tertiary/aromatic N) is 2. The van der Waals surface area contributed by atoms with E-state index < -0.39 is 0 Å². The van der Waals surface area contributed by atoms with E-state index in [1.807, 2.05) is 11.6 Å². The number of amides is 1. The van der Waals surface area contributed by atoms with Crippen molar-refractivity contribution < 1.29 is 9.18 Å². The van der Waals surface area contributed by atoms with Gasteiger partial charge >= 0.3 is 0 Å². The third-order valence-electron chi connectivity index (χ3n) is 4.87. The molecule has 7 heteroatoms. The SMILES string of the molecule is O=C(NC[C@H]1CCCN(c2nccs2)C1)c1cc(-c2ccc(F)cc2)c[nH]1. The van der Waals surface area contributed by atoms with Gasteiger partial charge < -0.3 is 15.2 Å². The standard InChI is InChI=1S/C20H21FN4OS/c21-17-5-3-15(4-6-17)16-10-18(23-12-16)19(26)24-11-14-2-1-8-25(13-14)20-22-7-9-27-20/h3-7,9-10,12,14,23H,1-2,8,11,13H2,(H,24,26)/t14-/m1/s1. The molecule has 0 radical (unpaired) electrons. The van der Waals surface area contributed by atoms with Crippen molar-refractivity contribution in [1.82, 2.24) is 15.3 Å². The fourth-order valence-corrected chi connectivity index (χ4v) is 4.12. The molecule has 0 saturated carbocycles. The van der Waals surface area contributed by atoms with E-state index in [0.717, 1.165) is 42.2 Å². The van der Waals surface area contributed by atoms with Crippen LogP contribution in [0.25, 0.3) is 11.1 Å². The Morgan fingerprint density at radius 2 is 2.19 bits per heavy atom. The molecule has 2 N–H and O–H groups in total. The lowest BCUT2D eigenvalue weighted by Crippen LogP contribution is -2.41. The molecular weight excluding hydrogens is 363 g/mol. The van der Waals surface area contributed by atoms with Gasteiger partial charge in [-0.15, -0.1) is 11.3 Å². The minimum Gasteiger partial charge on any atom is -0.357 e. The van der Waals surface area contributed by atoms with Crippen molar-refractivity contribution in [2.75, 3.05) is 24.5 Å². The number of H-pyrrole nitrogens is 1. The van der Waals surface area contributed by atoms with E-state index in [1.165, 1.54) is 12.1 Å². The first-order valence-corrected chi connectivity index (χ1v) is 9.94. The van der Waals surface area contributed by atoms with Crippen molar-refractivity contribution in [3.63, 3.8) is 0 Å². The molecule has 1 aliphatic heterocycles. The van der Waals surface area contributed by atoms with Gasteiger partial charge in [-0.1, -0.05) is 12.1 Å². The lowest BCUT2D eigenvalue weighted by molar-refractivity contribution is 0.0941. The average Bonchev–Trinajstić information content (AvgIpc) is 3.39. The number of carbonyl (C=O) groups excluding carboxylic acids is 1. The zero-order valence-corrected chi connectivity index (χ0v) is 15.6. The van der Waals surface area contributed by atoms with E-state index in [9.17, 15) is 9.18 Å². The van der Waals surface area contributed by atoms with Crippen molar-refractivity contribution in [2.45, 2.75) is 12.8 Å². The van der Waals surface area contributed by atoms with Gasteiger partial charge in [-0.3, -0.25) is 4.79 Å². The Labute approximate surface area is 161 Å². The second kappa shape index (κ2) is 7.92. The summed E-state index contributed by atoms with van der Waals surface area (Å²) in [6.45, 7) is 2.58. The zero-order chi connectivity index (χ0) is 18.6. The predicted octanol–water partition coefficient (Wildman–Crippen LogP) is 3.92. The number of aromatic nitrogens is 2. The third kappa shape index (κ3) is 4.19. The number of benzene rings is 1. The summed E-state index contributed by atoms with van der Waals surface area (Å²) in [6, 6.07) is 8.04. The summed E-state index contributed by atoms with van der Waals surface area (Å²) in [5.74, 6) is 0.0272. The maximum Gasteiger partial charge on any atom is 0.267 e. The number of hydrogen-bond donors (Lipinski definition) is 2. The van der Waals surface area contributed by atoms with Crippen molar-refractivity contribution >= 4 is 22.4 Å². The molecule has 3 aromatic rings. The number of rotatable bonds is 5. The monoisotopic (exact) mass is 384 g/mol. The van der Waals surface area contributed by atoms with Gasteiger partial charge in [0.15, 0.2) is 5.13 Å². The molecule has 1 aliphatic rings. The van der Waals surface area contributed by atoms with Gasteiger partial charge in [-0.05, 0) is 48.1 Å². The summed E-state index contributed by atoms with van der Waals surface area (Å²) in [7, 11) is 0. The summed E-state index contributed by atoms with van der Waals surface area (Å²) in [6.07, 6.45) is 5.81. The van der Waals surface area contributed by atoms with Crippen molar-refractivity contribution in [1.29, 1.82) is 0 Å². The van der Waals surface area contributed by atoms with Crippen molar-refractivity contribution in [3.8, 4) is 11.1 Å². The summed E-state index contributed by atoms with van der Waals surface area (Å²) in [5, 5.41) is 6.08. The van der Waals surface area contributed by atoms with Crippen LogP contribution in [0, 0.1) is 11.7 Å². The summed E-state index contributed by atoms with van der Waals surface area (Å²) in [4.78, 5) is 22.2. The zero-order valence-electron chi connectivity index (χ0n) is 14.8. The highest BCUT2D eigenvalue weighted by Gasteiger charge is 2.22. The van der Waals surface area contributed by atoms with E-state index in [2.05, 4.69) is 20.2 Å². The Bertz CT molecular complexity index is 891. The molecule has 1 amide bonds. The Balaban J connectivity index is 1.33. The topological polar surface area (TPSA) is 61.0 Å². The fraction of sp³-hybridized carbons (Fsp3) is 0.300. The molecular formula is C20H21FN4OS. The maximum absolute atomic E-state index is 13.1. The van der Waals surface area contributed by atoms with Gasteiger partial charge in [0.05, 0.1) is 0 Å². The van der Waals surface area contributed by atoms with E-state index in [1.54, 1.807) is 35.7 Å². The van der Waals surface area contributed by atoms with Crippen LogP contribution >= 0.6 is 11.3 Å². The first-order chi connectivity index (χ1) is 13.2. The minimum absolute atomic E-state index is 0.116. The largest absolute Gasteiger partial charge is 0.357 e. The number of anilines is 1. The molecule has 27 heavy (non-hydrogen) atoms. The fourth-order valence-electron chi connectivity index (χ4n) is 3.44. The molecule has 2 aromatic heterocycles. The van der Waals surface area contributed by atoms with Gasteiger partial charge in [0.25, 0.3) is 5.91 Å². The molecule has 5 nitrogen and oxygen atoms in total. The minimum atomic E-state index is -0.272. The highest BCUT2D eigenvalue weighted by atomic mass is 32.1. The molecule has 1 aromatic carbocycles. The smallest absolute Gasteiger partial charge is 0.267 e. The van der Waals surface area contributed by atoms with Crippen molar-refractivity contribution in [3.05, 3.63) is 59.6 Å². The molecule has 1 saturated heterocycles. The van der Waals surface area contributed by atoms with Gasteiger partial charge in [0.1, 0.15) is 11.5 Å². The van der Waals surface area contributed by atoms with E-state index in [4.69, 9.17) is 0 Å². The van der Waals surface area contributed by atoms with Crippen LogP contribution in [0.3, 0.4) is 0 Å². The first-order valence-electron chi connectivity index (χ1n) is 9.06. The summed E-state index contributed by atoms with van der Waals surface area (Å²) in [5.41, 5.74) is 2.26. The van der Waals surface area contributed by atoms with Gasteiger partial charge in [0, 0.05) is 37.4 Å². The van der Waals surface area contributed by atoms with Crippen LogP contribution in [-0.2, 0) is 0 Å². The Kier molecular flexibility index (Phi) is 5.20. The average molecular weight is 384 g/mol. The van der Waals surface area contributed by atoms with Crippen LogP contribution < -0.4 is 10.2 Å². The summed E-state index contributed by atoms with van der Waals surface area (Å²) >= 11 is 1.65. The van der Waals surface area contributed by atoms with Gasteiger partial charge in [-0.25, -0.2) is 9.37 Å². The Morgan fingerprint density at radius 1 is 1.33 bits per heavy atom. The van der Waals surface area contributed by atoms with Crippen LogP contribution in [0.15, 0.2) is 48.1 Å².